The second kappa shape index (κ2) is 5.17. The molecule has 0 aliphatic carbocycles. The number of halogens is 4. The van der Waals surface area contributed by atoms with E-state index in [9.17, 15) is 13.2 Å². The molecule has 1 aromatic heterocycles. The molecule has 16 heavy (non-hydrogen) atoms. The summed E-state index contributed by atoms with van der Waals surface area (Å²) in [6.07, 6.45) is -2.65. The number of hydrogen-bond donors (Lipinski definition) is 0. The maximum atomic E-state index is 12.6. The Morgan fingerprint density at radius 3 is 2.50 bits per heavy atom. The number of pyridine rings is 1. The molecule has 0 N–H and O–H groups in total. The van der Waals surface area contributed by atoms with Crippen molar-refractivity contribution in [2.75, 3.05) is 0 Å². The Bertz CT molecular complexity index is 349. The van der Waals surface area contributed by atoms with Gasteiger partial charge in [-0.2, -0.15) is 13.2 Å². The van der Waals surface area contributed by atoms with E-state index in [1.54, 1.807) is 0 Å². The molecule has 0 aliphatic heterocycles. The summed E-state index contributed by atoms with van der Waals surface area (Å²) in [6.45, 7) is 3.91. The van der Waals surface area contributed by atoms with Gasteiger partial charge in [-0.15, -0.1) is 0 Å². The smallest absolute Gasteiger partial charge is 0.261 e. The van der Waals surface area contributed by atoms with Crippen molar-refractivity contribution in [3.05, 3.63) is 29.6 Å². The molecule has 0 saturated carbocycles. The van der Waals surface area contributed by atoms with E-state index >= 15 is 0 Å². The Balaban J connectivity index is 2.96. The molecule has 0 aliphatic rings. The van der Waals surface area contributed by atoms with Crippen LogP contribution in [0.15, 0.2) is 18.3 Å². The highest BCUT2D eigenvalue weighted by molar-refractivity contribution is 9.09. The number of hydrogen-bond acceptors (Lipinski definition) is 1. The summed E-state index contributed by atoms with van der Waals surface area (Å²) in [5, 5.41) is 0. The lowest BCUT2D eigenvalue weighted by Crippen LogP contribution is -2.17. The Hall–Kier alpha value is -0.580. The van der Waals surface area contributed by atoms with Crippen LogP contribution in [-0.4, -0.2) is 9.81 Å². The van der Waals surface area contributed by atoms with Gasteiger partial charge in [-0.1, -0.05) is 29.8 Å². The van der Waals surface area contributed by atoms with Gasteiger partial charge in [-0.25, -0.2) is 0 Å². The lowest BCUT2D eigenvalue weighted by atomic mass is 10.0. The molecule has 0 fully saturated rings. The van der Waals surface area contributed by atoms with Gasteiger partial charge >= 0.3 is 6.18 Å². The zero-order chi connectivity index (χ0) is 12.3. The van der Waals surface area contributed by atoms with Gasteiger partial charge in [-0.05, 0) is 18.1 Å². The van der Waals surface area contributed by atoms with E-state index in [1.165, 1.54) is 12.3 Å². The number of aromatic nitrogens is 1. The van der Waals surface area contributed by atoms with Crippen molar-refractivity contribution >= 4 is 15.9 Å². The first-order valence-electron chi connectivity index (χ1n) is 4.97. The molecule has 0 bridgehead atoms. The summed E-state index contributed by atoms with van der Waals surface area (Å²) >= 11 is 3.37. The summed E-state index contributed by atoms with van der Waals surface area (Å²) in [5.74, 6) is 0.267. The molecule has 1 unspecified atom stereocenters. The van der Waals surface area contributed by atoms with Gasteiger partial charge in [0.1, 0.15) is 0 Å². The first-order chi connectivity index (χ1) is 7.32. The predicted molar refractivity (Wildman–Crippen MR) is 60.5 cm³/mol. The van der Waals surface area contributed by atoms with Crippen LogP contribution in [0.2, 0.25) is 0 Å². The highest BCUT2D eigenvalue weighted by Crippen LogP contribution is 2.32. The van der Waals surface area contributed by atoms with Crippen LogP contribution in [0.5, 0.6) is 0 Å². The third-order valence-corrected chi connectivity index (χ3v) is 3.69. The molecule has 5 heteroatoms. The van der Waals surface area contributed by atoms with E-state index < -0.39 is 11.7 Å². The molecule has 1 aromatic rings. The van der Waals surface area contributed by atoms with E-state index in [-0.39, 0.29) is 22.9 Å². The molecule has 1 atom stereocenters. The first kappa shape index (κ1) is 13.5. The summed E-state index contributed by atoms with van der Waals surface area (Å²) in [7, 11) is 0. The SMILES string of the molecule is CC(C)C(Br)Cc1ncccc1C(F)(F)F. The minimum absolute atomic E-state index is 0.00324. The minimum Gasteiger partial charge on any atom is -0.261 e. The monoisotopic (exact) mass is 295 g/mol. The highest BCUT2D eigenvalue weighted by Gasteiger charge is 2.34. The zero-order valence-electron chi connectivity index (χ0n) is 9.05. The Morgan fingerprint density at radius 2 is 2.00 bits per heavy atom. The fourth-order valence-electron chi connectivity index (χ4n) is 1.28. The van der Waals surface area contributed by atoms with Crippen molar-refractivity contribution < 1.29 is 13.2 Å². The molecule has 0 radical (unpaired) electrons. The third-order valence-electron chi connectivity index (χ3n) is 2.31. The summed E-state index contributed by atoms with van der Waals surface area (Å²) in [4.78, 5) is 3.82. The average Bonchev–Trinajstić information content (AvgIpc) is 2.16. The Kier molecular flexibility index (Phi) is 4.35. The van der Waals surface area contributed by atoms with E-state index in [0.29, 0.717) is 0 Å². The van der Waals surface area contributed by atoms with Crippen LogP contribution < -0.4 is 0 Å². The normalized spacial score (nSPS) is 14.2. The molecule has 0 aromatic carbocycles. The van der Waals surface area contributed by atoms with E-state index in [2.05, 4.69) is 20.9 Å². The Labute approximate surface area is 101 Å². The third kappa shape index (κ3) is 3.47. The van der Waals surface area contributed by atoms with Gasteiger partial charge in [0.25, 0.3) is 0 Å². The van der Waals surface area contributed by atoms with Crippen LogP contribution in [0.1, 0.15) is 25.1 Å². The first-order valence-corrected chi connectivity index (χ1v) is 5.89. The van der Waals surface area contributed by atoms with E-state index in [0.717, 1.165) is 6.07 Å². The number of rotatable bonds is 3. The van der Waals surface area contributed by atoms with Crippen molar-refractivity contribution in [3.8, 4) is 0 Å². The standard InChI is InChI=1S/C11H13BrF3N/c1-7(2)9(12)6-10-8(11(13,14)15)4-3-5-16-10/h3-5,7,9H,6H2,1-2H3. The van der Waals surface area contributed by atoms with Gasteiger partial charge in [-0.3, -0.25) is 4.98 Å². The van der Waals surface area contributed by atoms with Crippen molar-refractivity contribution in [2.45, 2.75) is 31.3 Å². The van der Waals surface area contributed by atoms with Crippen molar-refractivity contribution in [3.63, 3.8) is 0 Å². The second-order valence-electron chi connectivity index (χ2n) is 3.96. The van der Waals surface area contributed by atoms with Crippen LogP contribution in [-0.2, 0) is 12.6 Å². The molecule has 90 valence electrons. The number of alkyl halides is 4. The fourth-order valence-corrected chi connectivity index (χ4v) is 1.59. The Morgan fingerprint density at radius 1 is 1.38 bits per heavy atom. The van der Waals surface area contributed by atoms with Gasteiger partial charge in [0.15, 0.2) is 0 Å². The molecule has 1 rings (SSSR count). The molecule has 1 nitrogen and oxygen atoms in total. The highest BCUT2D eigenvalue weighted by atomic mass is 79.9. The molecular formula is C11H13BrF3N. The second-order valence-corrected chi connectivity index (χ2v) is 5.14. The van der Waals surface area contributed by atoms with Gasteiger partial charge < -0.3 is 0 Å². The van der Waals surface area contributed by atoms with Crippen LogP contribution >= 0.6 is 15.9 Å². The van der Waals surface area contributed by atoms with Crippen LogP contribution in [0, 0.1) is 5.92 Å². The van der Waals surface area contributed by atoms with Crippen LogP contribution in [0.3, 0.4) is 0 Å². The quantitative estimate of drug-likeness (QED) is 0.766. The van der Waals surface area contributed by atoms with Crippen molar-refractivity contribution in [2.24, 2.45) is 5.92 Å². The zero-order valence-corrected chi connectivity index (χ0v) is 10.6. The topological polar surface area (TPSA) is 12.9 Å². The summed E-state index contributed by atoms with van der Waals surface area (Å²) in [5.41, 5.74) is -0.536. The average molecular weight is 296 g/mol. The number of nitrogens with zero attached hydrogens (tertiary/aromatic N) is 1. The van der Waals surface area contributed by atoms with Crippen LogP contribution in [0.4, 0.5) is 13.2 Å². The van der Waals surface area contributed by atoms with Gasteiger partial charge in [0.05, 0.1) is 11.3 Å². The predicted octanol–water partition coefficient (Wildman–Crippen LogP) is 4.06. The lowest BCUT2D eigenvalue weighted by Gasteiger charge is -2.16. The summed E-state index contributed by atoms with van der Waals surface area (Å²) in [6, 6.07) is 2.38. The maximum absolute atomic E-state index is 12.6. The molecule has 0 spiro atoms. The minimum atomic E-state index is -4.33. The van der Waals surface area contributed by atoms with Gasteiger partial charge in [0, 0.05) is 17.4 Å². The van der Waals surface area contributed by atoms with Crippen molar-refractivity contribution in [1.29, 1.82) is 0 Å². The molecular weight excluding hydrogens is 283 g/mol. The van der Waals surface area contributed by atoms with E-state index in [1.807, 2.05) is 13.8 Å². The molecule has 0 amide bonds. The largest absolute Gasteiger partial charge is 0.418 e. The fraction of sp³-hybridized carbons (Fsp3) is 0.545. The van der Waals surface area contributed by atoms with Crippen molar-refractivity contribution in [1.82, 2.24) is 4.98 Å². The summed E-state index contributed by atoms with van der Waals surface area (Å²) < 4.78 is 37.9. The van der Waals surface area contributed by atoms with E-state index in [4.69, 9.17) is 0 Å². The molecule has 0 saturated heterocycles. The lowest BCUT2D eigenvalue weighted by molar-refractivity contribution is -0.138. The molecule has 1 heterocycles. The van der Waals surface area contributed by atoms with Gasteiger partial charge in [0.2, 0.25) is 0 Å². The maximum Gasteiger partial charge on any atom is 0.418 e. The van der Waals surface area contributed by atoms with Crippen LogP contribution in [0.25, 0.3) is 0 Å².